The van der Waals surface area contributed by atoms with Crippen LogP contribution in [0.15, 0.2) is 12.2 Å². The summed E-state index contributed by atoms with van der Waals surface area (Å²) < 4.78 is 15.7. The van der Waals surface area contributed by atoms with Crippen molar-refractivity contribution in [1.29, 1.82) is 0 Å². The second kappa shape index (κ2) is 15.3. The average molecular weight is 383 g/mol. The van der Waals surface area contributed by atoms with Crippen LogP contribution < -0.4 is 0 Å². The monoisotopic (exact) mass is 383 g/mol. The van der Waals surface area contributed by atoms with Crippen LogP contribution in [-0.4, -0.2) is 62.3 Å². The molecule has 0 bridgehead atoms. The van der Waals surface area contributed by atoms with E-state index in [1.54, 1.807) is 0 Å². The van der Waals surface area contributed by atoms with E-state index in [2.05, 4.69) is 6.92 Å². The number of nitrogens with zero attached hydrogens (tertiary/aromatic N) is 1. The predicted molar refractivity (Wildman–Crippen MR) is 101 cm³/mol. The van der Waals surface area contributed by atoms with Gasteiger partial charge in [-0.1, -0.05) is 45.4 Å². The topological polar surface area (TPSA) is 82.1 Å². The molecule has 1 aliphatic heterocycles. The lowest BCUT2D eigenvalue weighted by atomic mass is 10.1. The second-order valence-electron chi connectivity index (χ2n) is 6.48. The molecule has 0 spiro atoms. The van der Waals surface area contributed by atoms with Crippen LogP contribution in [0.3, 0.4) is 0 Å². The van der Waals surface area contributed by atoms with Crippen molar-refractivity contribution in [3.8, 4) is 0 Å². The van der Waals surface area contributed by atoms with E-state index in [0.717, 1.165) is 17.7 Å². The van der Waals surface area contributed by atoms with Gasteiger partial charge in [-0.05, 0) is 6.42 Å². The molecule has 0 aromatic rings. The Kier molecular flexibility index (Phi) is 13.2. The molecule has 0 aliphatic carbocycles. The summed E-state index contributed by atoms with van der Waals surface area (Å²) in [6.07, 6.45) is 11.2. The first kappa shape index (κ1) is 23.3. The molecule has 0 saturated heterocycles. The molecule has 1 aliphatic rings. The zero-order valence-corrected chi connectivity index (χ0v) is 16.5. The molecule has 0 aromatic heterocycles. The Morgan fingerprint density at radius 1 is 0.815 bits per heavy atom. The maximum Gasteiger partial charge on any atom is 0.305 e. The maximum atomic E-state index is 11.6. The third-order valence-electron chi connectivity index (χ3n) is 4.21. The number of rotatable bonds is 17. The number of unbranched alkanes of at least 4 members (excludes halogenated alkanes) is 6. The van der Waals surface area contributed by atoms with Gasteiger partial charge in [-0.15, -0.1) is 0 Å². The Bertz CT molecular complexity index is 459. The third-order valence-corrected chi connectivity index (χ3v) is 4.21. The van der Waals surface area contributed by atoms with Crippen LogP contribution >= 0.6 is 0 Å². The van der Waals surface area contributed by atoms with Gasteiger partial charge in [0.25, 0.3) is 11.8 Å². The highest BCUT2D eigenvalue weighted by Crippen LogP contribution is 2.08. The molecule has 0 N–H and O–H groups in total. The molecular formula is C20H33NO6. The minimum Gasteiger partial charge on any atom is -0.463 e. The van der Waals surface area contributed by atoms with Crippen molar-refractivity contribution in [3.63, 3.8) is 0 Å². The molecule has 0 saturated carbocycles. The lowest BCUT2D eigenvalue weighted by molar-refractivity contribution is -0.145. The van der Waals surface area contributed by atoms with E-state index < -0.39 is 0 Å². The quantitative estimate of drug-likeness (QED) is 0.218. The Morgan fingerprint density at radius 3 is 2.04 bits per heavy atom. The van der Waals surface area contributed by atoms with Crippen LogP contribution in [0.4, 0.5) is 0 Å². The normalized spacial score (nSPS) is 13.6. The number of imide groups is 1. The van der Waals surface area contributed by atoms with Crippen molar-refractivity contribution in [2.75, 3.05) is 39.6 Å². The Balaban J connectivity index is 1.81. The number of esters is 1. The lowest BCUT2D eigenvalue weighted by Crippen LogP contribution is -2.33. The number of amides is 2. The number of carbonyl (C=O) groups excluding carboxylic acids is 3. The number of hydrogen-bond acceptors (Lipinski definition) is 6. The molecular weight excluding hydrogens is 350 g/mol. The largest absolute Gasteiger partial charge is 0.463 e. The van der Waals surface area contributed by atoms with Gasteiger partial charge in [-0.25, -0.2) is 0 Å². The summed E-state index contributed by atoms with van der Waals surface area (Å²) in [4.78, 5) is 35.3. The Hall–Kier alpha value is -1.73. The zero-order valence-electron chi connectivity index (χ0n) is 16.5. The smallest absolute Gasteiger partial charge is 0.305 e. The van der Waals surface area contributed by atoms with Crippen molar-refractivity contribution >= 4 is 17.8 Å². The van der Waals surface area contributed by atoms with E-state index in [9.17, 15) is 14.4 Å². The van der Waals surface area contributed by atoms with Crippen LogP contribution in [0.1, 0.15) is 58.3 Å². The van der Waals surface area contributed by atoms with Crippen LogP contribution in [0.25, 0.3) is 0 Å². The molecule has 0 unspecified atom stereocenters. The van der Waals surface area contributed by atoms with Crippen LogP contribution in [0.5, 0.6) is 0 Å². The van der Waals surface area contributed by atoms with E-state index in [-0.39, 0.29) is 37.5 Å². The van der Waals surface area contributed by atoms with Gasteiger partial charge in [0.05, 0.1) is 33.0 Å². The van der Waals surface area contributed by atoms with E-state index in [4.69, 9.17) is 14.2 Å². The predicted octanol–water partition coefficient (Wildman–Crippen LogP) is 2.63. The van der Waals surface area contributed by atoms with Crippen molar-refractivity contribution in [2.45, 2.75) is 58.3 Å². The van der Waals surface area contributed by atoms with Gasteiger partial charge in [0.2, 0.25) is 0 Å². The number of hydrogen-bond donors (Lipinski definition) is 0. The molecule has 27 heavy (non-hydrogen) atoms. The first-order valence-electron chi connectivity index (χ1n) is 9.99. The van der Waals surface area contributed by atoms with Crippen LogP contribution in [-0.2, 0) is 28.6 Å². The van der Waals surface area contributed by atoms with Crippen molar-refractivity contribution in [3.05, 3.63) is 12.2 Å². The molecule has 2 amide bonds. The van der Waals surface area contributed by atoms with Crippen molar-refractivity contribution in [2.24, 2.45) is 0 Å². The SMILES string of the molecule is CCCCCCCCCC(=O)OCCOCCOCCN1C(=O)C=CC1=O. The van der Waals surface area contributed by atoms with Gasteiger partial charge in [-0.2, -0.15) is 0 Å². The van der Waals surface area contributed by atoms with Gasteiger partial charge in [0, 0.05) is 18.6 Å². The highest BCUT2D eigenvalue weighted by molar-refractivity contribution is 6.12. The molecule has 0 atom stereocenters. The summed E-state index contributed by atoms with van der Waals surface area (Å²) in [7, 11) is 0. The molecule has 7 heteroatoms. The van der Waals surface area contributed by atoms with Gasteiger partial charge in [0.1, 0.15) is 6.61 Å². The molecule has 0 fully saturated rings. The summed E-state index contributed by atoms with van der Waals surface area (Å²) in [5, 5.41) is 0. The molecule has 0 aromatic carbocycles. The summed E-state index contributed by atoms with van der Waals surface area (Å²) >= 11 is 0. The third kappa shape index (κ3) is 11.6. The van der Waals surface area contributed by atoms with E-state index in [1.807, 2.05) is 0 Å². The standard InChI is InChI=1S/C20H33NO6/c1-2-3-4-5-6-7-8-9-20(24)27-17-16-26-15-14-25-13-12-21-18(22)10-11-19(21)23/h10-11H,2-9,12-17H2,1H3. The molecule has 1 rings (SSSR count). The second-order valence-corrected chi connectivity index (χ2v) is 6.48. The molecule has 0 radical (unpaired) electrons. The number of ether oxygens (including phenoxy) is 3. The van der Waals surface area contributed by atoms with Gasteiger partial charge >= 0.3 is 5.97 Å². The fraction of sp³-hybridized carbons (Fsp3) is 0.750. The minimum atomic E-state index is -0.307. The highest BCUT2D eigenvalue weighted by atomic mass is 16.6. The Morgan fingerprint density at radius 2 is 1.37 bits per heavy atom. The summed E-state index contributed by atoms with van der Waals surface area (Å²) in [5.74, 6) is -0.784. The maximum absolute atomic E-state index is 11.6. The minimum absolute atomic E-state index is 0.169. The first-order valence-corrected chi connectivity index (χ1v) is 9.99. The molecule has 7 nitrogen and oxygen atoms in total. The summed E-state index contributed by atoms with van der Waals surface area (Å²) in [6, 6.07) is 0. The van der Waals surface area contributed by atoms with Crippen LogP contribution in [0, 0.1) is 0 Å². The summed E-state index contributed by atoms with van der Waals surface area (Å²) in [6.45, 7) is 4.02. The van der Waals surface area contributed by atoms with Gasteiger partial charge in [-0.3, -0.25) is 19.3 Å². The fourth-order valence-electron chi connectivity index (χ4n) is 2.64. The fourth-order valence-corrected chi connectivity index (χ4v) is 2.64. The van der Waals surface area contributed by atoms with Crippen molar-refractivity contribution < 1.29 is 28.6 Å². The van der Waals surface area contributed by atoms with E-state index >= 15 is 0 Å². The van der Waals surface area contributed by atoms with Gasteiger partial charge < -0.3 is 14.2 Å². The first-order chi connectivity index (χ1) is 13.1. The lowest BCUT2D eigenvalue weighted by Gasteiger charge is -2.13. The zero-order chi connectivity index (χ0) is 19.7. The number of carbonyl (C=O) groups is 3. The van der Waals surface area contributed by atoms with E-state index in [1.165, 1.54) is 44.3 Å². The van der Waals surface area contributed by atoms with E-state index in [0.29, 0.717) is 26.2 Å². The Labute approximate surface area is 162 Å². The summed E-state index contributed by atoms with van der Waals surface area (Å²) in [5.41, 5.74) is 0. The van der Waals surface area contributed by atoms with Crippen LogP contribution in [0.2, 0.25) is 0 Å². The van der Waals surface area contributed by atoms with Crippen molar-refractivity contribution in [1.82, 2.24) is 4.90 Å². The average Bonchev–Trinajstić information content (AvgIpc) is 2.97. The molecule has 1 heterocycles. The highest BCUT2D eigenvalue weighted by Gasteiger charge is 2.22. The van der Waals surface area contributed by atoms with Gasteiger partial charge in [0.15, 0.2) is 0 Å². The molecule has 154 valence electrons.